The van der Waals surface area contributed by atoms with Crippen molar-refractivity contribution in [1.82, 2.24) is 10.2 Å². The van der Waals surface area contributed by atoms with E-state index in [4.69, 9.17) is 11.6 Å². The van der Waals surface area contributed by atoms with E-state index in [-0.39, 0.29) is 11.9 Å². The van der Waals surface area contributed by atoms with Crippen molar-refractivity contribution < 1.29 is 14.0 Å². The van der Waals surface area contributed by atoms with Crippen LogP contribution in [0.1, 0.15) is 46.8 Å². The van der Waals surface area contributed by atoms with Gasteiger partial charge in [0.15, 0.2) is 0 Å². The van der Waals surface area contributed by atoms with Gasteiger partial charge < -0.3 is 15.5 Å². The van der Waals surface area contributed by atoms with E-state index in [9.17, 15) is 14.0 Å². The van der Waals surface area contributed by atoms with Crippen LogP contribution < -0.4 is 10.6 Å². The zero-order chi connectivity index (χ0) is 20.6. The topological polar surface area (TPSA) is 61.4 Å². The Bertz CT molecular complexity index is 1090. The molecule has 2 aromatic rings. The largest absolute Gasteiger partial charge is 0.341 e. The summed E-state index contributed by atoms with van der Waals surface area (Å²) in [6, 6.07) is 8.96. The van der Waals surface area contributed by atoms with E-state index in [2.05, 4.69) is 10.6 Å². The summed E-state index contributed by atoms with van der Waals surface area (Å²) in [4.78, 5) is 27.6. The number of amides is 3. The van der Waals surface area contributed by atoms with E-state index in [0.717, 1.165) is 12.5 Å². The Balaban J connectivity index is 1.32. The fraction of sp³-hybridized carbons (Fsp3) is 0.391. The van der Waals surface area contributed by atoms with E-state index >= 15 is 0 Å². The lowest BCUT2D eigenvalue weighted by atomic mass is 9.77. The first kappa shape index (κ1) is 18.2. The number of carbonyl (C=O) groups excluding carboxylic acids is 2. The monoisotopic (exact) mass is 425 g/mol. The molecule has 2 N–H and O–H groups in total. The molecule has 2 bridgehead atoms. The molecule has 3 fully saturated rings. The first-order valence-corrected chi connectivity index (χ1v) is 10.9. The van der Waals surface area contributed by atoms with Crippen molar-refractivity contribution in [2.75, 3.05) is 11.9 Å². The minimum atomic E-state index is -0.612. The van der Waals surface area contributed by atoms with Crippen LogP contribution in [0, 0.1) is 23.6 Å². The average Bonchev–Trinajstić information content (AvgIpc) is 3.35. The van der Waals surface area contributed by atoms with Crippen LogP contribution in [0.5, 0.6) is 0 Å². The van der Waals surface area contributed by atoms with Crippen molar-refractivity contribution in [2.24, 2.45) is 17.8 Å². The first-order valence-electron chi connectivity index (χ1n) is 10.5. The molecule has 2 aliphatic heterocycles. The molecule has 3 amide bonds. The first-order chi connectivity index (χ1) is 14.5. The molecule has 7 heteroatoms. The SMILES string of the molecule is O=C1NC(c2cc(F)ccc2Cl)c2c(NC(=O)N3CC4C5CCC(C5)C43)cccc21. The number of hydrogen-bond donors (Lipinski definition) is 2. The maximum atomic E-state index is 13.9. The van der Waals surface area contributed by atoms with Gasteiger partial charge in [0.2, 0.25) is 0 Å². The van der Waals surface area contributed by atoms with Crippen LogP contribution in [0.3, 0.4) is 0 Å². The van der Waals surface area contributed by atoms with E-state index in [0.29, 0.717) is 45.3 Å². The Morgan fingerprint density at radius 1 is 1.20 bits per heavy atom. The second kappa shape index (κ2) is 6.45. The third-order valence-electron chi connectivity index (χ3n) is 7.49. The van der Waals surface area contributed by atoms with Crippen LogP contribution in [0.15, 0.2) is 36.4 Å². The van der Waals surface area contributed by atoms with Crippen LogP contribution >= 0.6 is 11.6 Å². The van der Waals surface area contributed by atoms with Gasteiger partial charge in [-0.15, -0.1) is 0 Å². The van der Waals surface area contributed by atoms with Crippen LogP contribution in [0.2, 0.25) is 5.02 Å². The number of halogens is 2. The van der Waals surface area contributed by atoms with Crippen molar-refractivity contribution in [1.29, 1.82) is 0 Å². The number of carbonyl (C=O) groups is 2. The van der Waals surface area contributed by atoms with Gasteiger partial charge in [-0.1, -0.05) is 17.7 Å². The Morgan fingerprint density at radius 3 is 2.87 bits per heavy atom. The molecule has 154 valence electrons. The van der Waals surface area contributed by atoms with Gasteiger partial charge in [-0.25, -0.2) is 9.18 Å². The molecule has 2 heterocycles. The van der Waals surface area contributed by atoms with Gasteiger partial charge in [-0.05, 0) is 61.4 Å². The number of urea groups is 1. The third kappa shape index (κ3) is 2.52. The lowest BCUT2D eigenvalue weighted by molar-refractivity contribution is 0.0177. The number of nitrogens with one attached hydrogen (secondary N) is 2. The summed E-state index contributed by atoms with van der Waals surface area (Å²) in [5.74, 6) is 1.37. The smallest absolute Gasteiger partial charge is 0.322 e. The minimum Gasteiger partial charge on any atom is -0.341 e. The maximum Gasteiger partial charge on any atom is 0.322 e. The molecule has 1 saturated heterocycles. The van der Waals surface area contributed by atoms with Crippen LogP contribution in [0.25, 0.3) is 0 Å². The molecule has 5 unspecified atom stereocenters. The summed E-state index contributed by atoms with van der Waals surface area (Å²) < 4.78 is 13.9. The molecule has 6 rings (SSSR count). The third-order valence-corrected chi connectivity index (χ3v) is 7.84. The molecule has 2 aromatic carbocycles. The summed E-state index contributed by atoms with van der Waals surface area (Å²) in [7, 11) is 0. The number of anilines is 1. The van der Waals surface area contributed by atoms with Crippen LogP contribution in [0.4, 0.5) is 14.9 Å². The summed E-state index contributed by atoms with van der Waals surface area (Å²) in [5.41, 5.74) is 2.14. The van der Waals surface area contributed by atoms with Crippen molar-refractivity contribution >= 4 is 29.2 Å². The zero-order valence-corrected chi connectivity index (χ0v) is 17.0. The molecule has 0 spiro atoms. The predicted molar refractivity (Wildman–Crippen MR) is 111 cm³/mol. The molecule has 2 aliphatic carbocycles. The highest BCUT2D eigenvalue weighted by molar-refractivity contribution is 6.31. The number of benzene rings is 2. The van der Waals surface area contributed by atoms with E-state index in [1.54, 1.807) is 18.2 Å². The predicted octanol–water partition coefficient (Wildman–Crippen LogP) is 4.57. The molecular formula is C23H21ClFN3O2. The number of hydrogen-bond acceptors (Lipinski definition) is 2. The molecule has 0 aromatic heterocycles. The van der Waals surface area contributed by atoms with Crippen molar-refractivity contribution in [3.05, 3.63) is 63.9 Å². The van der Waals surface area contributed by atoms with Crippen LogP contribution in [-0.2, 0) is 0 Å². The number of fused-ring (bicyclic) bond motifs is 6. The van der Waals surface area contributed by atoms with Gasteiger partial charge in [-0.3, -0.25) is 4.79 Å². The van der Waals surface area contributed by atoms with Gasteiger partial charge in [0, 0.05) is 45.9 Å². The van der Waals surface area contributed by atoms with Crippen molar-refractivity contribution in [3.63, 3.8) is 0 Å². The Hall–Kier alpha value is -2.60. The van der Waals surface area contributed by atoms with Crippen molar-refractivity contribution in [2.45, 2.75) is 31.3 Å². The second-order valence-electron chi connectivity index (χ2n) is 8.91. The van der Waals surface area contributed by atoms with E-state index < -0.39 is 11.9 Å². The summed E-state index contributed by atoms with van der Waals surface area (Å²) >= 11 is 6.31. The molecular weight excluding hydrogens is 405 g/mol. The average molecular weight is 426 g/mol. The highest BCUT2D eigenvalue weighted by atomic mass is 35.5. The lowest BCUT2D eigenvalue weighted by Gasteiger charge is -2.50. The molecule has 4 aliphatic rings. The van der Waals surface area contributed by atoms with Gasteiger partial charge in [-0.2, -0.15) is 0 Å². The highest BCUT2D eigenvalue weighted by Crippen LogP contribution is 2.55. The number of likely N-dealkylation sites (tertiary alicyclic amines) is 1. The van der Waals surface area contributed by atoms with Gasteiger partial charge in [0.25, 0.3) is 5.91 Å². The van der Waals surface area contributed by atoms with Gasteiger partial charge in [0.1, 0.15) is 5.82 Å². The highest BCUT2D eigenvalue weighted by Gasteiger charge is 2.57. The van der Waals surface area contributed by atoms with Gasteiger partial charge >= 0.3 is 6.03 Å². The Labute approximate surface area is 178 Å². The summed E-state index contributed by atoms with van der Waals surface area (Å²) in [6.07, 6.45) is 3.77. The molecule has 5 nitrogen and oxygen atoms in total. The lowest BCUT2D eigenvalue weighted by Crippen LogP contribution is -2.62. The van der Waals surface area contributed by atoms with Crippen LogP contribution in [-0.4, -0.2) is 29.4 Å². The zero-order valence-electron chi connectivity index (χ0n) is 16.2. The van der Waals surface area contributed by atoms with Crippen molar-refractivity contribution in [3.8, 4) is 0 Å². The standard InChI is InChI=1S/C23H21ClFN3O2/c24-17-7-6-13(25)9-15(17)20-19-14(22(29)27-20)2-1-3-18(19)26-23(30)28-10-16-11-4-5-12(8-11)21(16)28/h1-3,6-7,9,11-12,16,20-21H,4-5,8,10H2,(H,26,30)(H,27,29). The minimum absolute atomic E-state index is 0.124. The maximum absolute atomic E-state index is 13.9. The van der Waals surface area contributed by atoms with E-state index in [1.807, 2.05) is 4.90 Å². The molecule has 5 atom stereocenters. The normalized spacial score (nSPS) is 30.5. The molecule has 2 saturated carbocycles. The Morgan fingerprint density at radius 2 is 2.03 bits per heavy atom. The number of rotatable bonds is 2. The van der Waals surface area contributed by atoms with Gasteiger partial charge in [0.05, 0.1) is 6.04 Å². The second-order valence-corrected chi connectivity index (χ2v) is 9.32. The summed E-state index contributed by atoms with van der Waals surface area (Å²) in [6.45, 7) is 0.809. The Kier molecular flexibility index (Phi) is 3.91. The number of nitrogens with zero attached hydrogens (tertiary/aromatic N) is 1. The van der Waals surface area contributed by atoms with E-state index in [1.165, 1.54) is 37.5 Å². The quantitative estimate of drug-likeness (QED) is 0.740. The summed E-state index contributed by atoms with van der Waals surface area (Å²) in [5, 5.41) is 6.27. The molecule has 30 heavy (non-hydrogen) atoms. The fourth-order valence-electron chi connectivity index (χ4n) is 6.17. The fourth-order valence-corrected chi connectivity index (χ4v) is 6.40. The molecule has 0 radical (unpaired) electrons.